The van der Waals surface area contributed by atoms with E-state index in [1.807, 2.05) is 0 Å². The Morgan fingerprint density at radius 1 is 1.45 bits per heavy atom. The highest BCUT2D eigenvalue weighted by Gasteiger charge is 2.30. The maximum atomic E-state index is 11.3. The molecule has 3 nitrogen and oxygen atoms in total. The Balaban J connectivity index is 2.20. The Morgan fingerprint density at radius 2 is 2.36 bits per heavy atom. The zero-order valence-corrected chi connectivity index (χ0v) is 6.21. The zero-order valence-electron chi connectivity index (χ0n) is 6.21. The standard InChI is InChI=1S/C8H10O3/c9-7-2-4-11-8-5-10-3-1-6(7)8/h5-6H,1-4H2. The van der Waals surface area contributed by atoms with E-state index in [0.29, 0.717) is 25.4 Å². The highest BCUT2D eigenvalue weighted by atomic mass is 16.5. The topological polar surface area (TPSA) is 35.5 Å². The summed E-state index contributed by atoms with van der Waals surface area (Å²) >= 11 is 0. The summed E-state index contributed by atoms with van der Waals surface area (Å²) in [6.07, 6.45) is 2.91. The van der Waals surface area contributed by atoms with E-state index < -0.39 is 0 Å². The molecule has 1 saturated heterocycles. The van der Waals surface area contributed by atoms with Crippen LogP contribution in [-0.4, -0.2) is 19.0 Å². The summed E-state index contributed by atoms with van der Waals surface area (Å²) in [7, 11) is 0. The molecule has 0 aromatic carbocycles. The minimum absolute atomic E-state index is 0.00231. The van der Waals surface area contributed by atoms with Gasteiger partial charge in [-0.3, -0.25) is 4.79 Å². The first-order valence-corrected chi connectivity index (χ1v) is 3.85. The lowest BCUT2D eigenvalue weighted by atomic mass is 9.93. The summed E-state index contributed by atoms with van der Waals surface area (Å²) in [5, 5.41) is 0. The molecule has 1 unspecified atom stereocenters. The summed E-state index contributed by atoms with van der Waals surface area (Å²) in [5.41, 5.74) is 0. The Kier molecular flexibility index (Phi) is 1.56. The van der Waals surface area contributed by atoms with Crippen LogP contribution in [0.3, 0.4) is 0 Å². The molecular formula is C8H10O3. The first-order valence-electron chi connectivity index (χ1n) is 3.85. The van der Waals surface area contributed by atoms with Crippen LogP contribution in [0.5, 0.6) is 0 Å². The van der Waals surface area contributed by atoms with Gasteiger partial charge in [0.15, 0.2) is 0 Å². The fraction of sp³-hybridized carbons (Fsp3) is 0.625. The van der Waals surface area contributed by atoms with Crippen LogP contribution in [0.2, 0.25) is 0 Å². The normalized spacial score (nSPS) is 29.6. The van der Waals surface area contributed by atoms with Crippen molar-refractivity contribution >= 4 is 5.78 Å². The van der Waals surface area contributed by atoms with Crippen molar-refractivity contribution in [3.05, 3.63) is 12.0 Å². The predicted octanol–water partition coefficient (Wildman–Crippen LogP) is 0.854. The number of ether oxygens (including phenoxy) is 2. The smallest absolute Gasteiger partial charge is 0.147 e. The predicted molar refractivity (Wildman–Crippen MR) is 37.7 cm³/mol. The molecule has 0 bridgehead atoms. The van der Waals surface area contributed by atoms with Gasteiger partial charge >= 0.3 is 0 Å². The molecule has 60 valence electrons. The van der Waals surface area contributed by atoms with Crippen LogP contribution in [0.1, 0.15) is 12.8 Å². The van der Waals surface area contributed by atoms with Gasteiger partial charge in [-0.15, -0.1) is 0 Å². The van der Waals surface area contributed by atoms with Crippen molar-refractivity contribution in [1.29, 1.82) is 0 Å². The molecule has 0 radical (unpaired) electrons. The summed E-state index contributed by atoms with van der Waals surface area (Å²) in [6.45, 7) is 1.16. The largest absolute Gasteiger partial charge is 0.498 e. The van der Waals surface area contributed by atoms with E-state index in [4.69, 9.17) is 9.47 Å². The maximum Gasteiger partial charge on any atom is 0.147 e. The molecule has 0 amide bonds. The lowest BCUT2D eigenvalue weighted by Crippen LogP contribution is -2.29. The molecule has 2 heterocycles. The number of rotatable bonds is 0. The van der Waals surface area contributed by atoms with Crippen LogP contribution in [-0.2, 0) is 14.3 Å². The Hall–Kier alpha value is -0.990. The minimum atomic E-state index is -0.00231. The van der Waals surface area contributed by atoms with E-state index >= 15 is 0 Å². The molecule has 1 fully saturated rings. The molecule has 0 spiro atoms. The number of Topliss-reactive ketones (excluding diaryl/α,β-unsaturated/α-hetero) is 1. The van der Waals surface area contributed by atoms with Gasteiger partial charge in [0.1, 0.15) is 17.8 Å². The van der Waals surface area contributed by atoms with Gasteiger partial charge in [-0.05, 0) is 6.42 Å². The zero-order chi connectivity index (χ0) is 7.68. The van der Waals surface area contributed by atoms with Gasteiger partial charge in [0.25, 0.3) is 0 Å². The lowest BCUT2D eigenvalue weighted by Gasteiger charge is -2.27. The summed E-state index contributed by atoms with van der Waals surface area (Å²) in [6, 6.07) is 0. The third-order valence-corrected chi connectivity index (χ3v) is 2.07. The second-order valence-electron chi connectivity index (χ2n) is 2.80. The molecule has 0 N–H and O–H groups in total. The second-order valence-corrected chi connectivity index (χ2v) is 2.80. The van der Waals surface area contributed by atoms with Crippen molar-refractivity contribution in [1.82, 2.24) is 0 Å². The van der Waals surface area contributed by atoms with Gasteiger partial charge in [-0.1, -0.05) is 0 Å². The first kappa shape index (κ1) is 6.70. The van der Waals surface area contributed by atoms with E-state index in [1.54, 1.807) is 6.26 Å². The number of allylic oxidation sites excluding steroid dienone is 1. The van der Waals surface area contributed by atoms with Crippen LogP contribution in [0.25, 0.3) is 0 Å². The number of hydrogen-bond donors (Lipinski definition) is 0. The second kappa shape index (κ2) is 2.57. The Morgan fingerprint density at radius 3 is 3.18 bits per heavy atom. The Labute approximate surface area is 65.0 Å². The third-order valence-electron chi connectivity index (χ3n) is 2.07. The summed E-state index contributed by atoms with van der Waals surface area (Å²) in [5.74, 6) is 1.02. The molecule has 0 aromatic rings. The van der Waals surface area contributed by atoms with E-state index in [-0.39, 0.29) is 5.92 Å². The van der Waals surface area contributed by atoms with Crippen molar-refractivity contribution in [3.8, 4) is 0 Å². The van der Waals surface area contributed by atoms with Crippen LogP contribution in [0.4, 0.5) is 0 Å². The highest BCUT2D eigenvalue weighted by Crippen LogP contribution is 2.27. The SMILES string of the molecule is O=C1CCOC2=COCCC12. The van der Waals surface area contributed by atoms with Gasteiger partial charge in [-0.2, -0.15) is 0 Å². The molecule has 2 aliphatic rings. The third kappa shape index (κ3) is 1.11. The first-order chi connectivity index (χ1) is 5.38. The van der Waals surface area contributed by atoms with Crippen LogP contribution in [0.15, 0.2) is 12.0 Å². The number of carbonyl (C=O) groups is 1. The average molecular weight is 154 g/mol. The highest BCUT2D eigenvalue weighted by molar-refractivity contribution is 5.84. The van der Waals surface area contributed by atoms with E-state index in [2.05, 4.69) is 0 Å². The number of ketones is 1. The minimum Gasteiger partial charge on any atom is -0.498 e. The molecular weight excluding hydrogens is 144 g/mol. The van der Waals surface area contributed by atoms with Crippen LogP contribution in [0, 0.1) is 5.92 Å². The van der Waals surface area contributed by atoms with Gasteiger partial charge in [-0.25, -0.2) is 0 Å². The van der Waals surface area contributed by atoms with Gasteiger partial charge in [0.2, 0.25) is 0 Å². The molecule has 11 heavy (non-hydrogen) atoms. The van der Waals surface area contributed by atoms with E-state index in [0.717, 1.165) is 12.2 Å². The van der Waals surface area contributed by atoms with Crippen molar-refractivity contribution in [2.75, 3.05) is 13.2 Å². The van der Waals surface area contributed by atoms with Crippen molar-refractivity contribution in [2.45, 2.75) is 12.8 Å². The van der Waals surface area contributed by atoms with Crippen molar-refractivity contribution in [2.24, 2.45) is 5.92 Å². The molecule has 0 aromatic heterocycles. The average Bonchev–Trinajstić information content (AvgIpc) is 2.06. The van der Waals surface area contributed by atoms with Crippen LogP contribution >= 0.6 is 0 Å². The van der Waals surface area contributed by atoms with Crippen molar-refractivity contribution < 1.29 is 14.3 Å². The molecule has 0 saturated carbocycles. The van der Waals surface area contributed by atoms with Gasteiger partial charge in [0, 0.05) is 6.42 Å². The molecule has 1 atom stereocenters. The number of carbonyl (C=O) groups excluding carboxylic acids is 1. The van der Waals surface area contributed by atoms with E-state index in [1.165, 1.54) is 0 Å². The van der Waals surface area contributed by atoms with Crippen molar-refractivity contribution in [3.63, 3.8) is 0 Å². The van der Waals surface area contributed by atoms with E-state index in [9.17, 15) is 4.79 Å². The maximum absolute atomic E-state index is 11.3. The Bertz CT molecular complexity index is 207. The lowest BCUT2D eigenvalue weighted by molar-refractivity contribution is -0.128. The molecule has 2 aliphatic heterocycles. The van der Waals surface area contributed by atoms with Gasteiger partial charge in [0.05, 0.1) is 19.1 Å². The van der Waals surface area contributed by atoms with Gasteiger partial charge < -0.3 is 9.47 Å². The fourth-order valence-electron chi connectivity index (χ4n) is 1.45. The molecule has 0 aliphatic carbocycles. The monoisotopic (exact) mass is 154 g/mol. The summed E-state index contributed by atoms with van der Waals surface area (Å²) < 4.78 is 10.3. The molecule has 2 rings (SSSR count). The number of hydrogen-bond acceptors (Lipinski definition) is 3. The quantitative estimate of drug-likeness (QED) is 0.519. The van der Waals surface area contributed by atoms with Crippen LogP contribution < -0.4 is 0 Å². The fourth-order valence-corrected chi connectivity index (χ4v) is 1.45. The number of fused-ring (bicyclic) bond motifs is 1. The summed E-state index contributed by atoms with van der Waals surface area (Å²) in [4.78, 5) is 11.3. The molecule has 3 heteroatoms.